The van der Waals surface area contributed by atoms with Gasteiger partial charge in [0.05, 0.1) is 0 Å². The predicted molar refractivity (Wildman–Crippen MR) is 66.7 cm³/mol. The Labute approximate surface area is 94.5 Å². The molecule has 0 aromatic rings. The topological polar surface area (TPSA) is 0 Å². The molecule has 0 aromatic carbocycles. The molecule has 84 valence electrons. The fourth-order valence-corrected chi connectivity index (χ4v) is 3.12. The van der Waals surface area contributed by atoms with Crippen LogP contribution in [0.5, 0.6) is 0 Å². The maximum atomic E-state index is 2.47. The maximum absolute atomic E-state index is 2.47. The molecular weight excluding hydrogens is 180 g/mol. The summed E-state index contributed by atoms with van der Waals surface area (Å²) < 4.78 is 0. The molecule has 0 heteroatoms. The standard InChI is InChI=1S/C15H24/c1-13(15-10-6-3-7-11-15)12-14-8-4-2-5-9-14/h2-4,6,13-15H,5,7-12H2,1H3. The lowest BCUT2D eigenvalue weighted by atomic mass is 9.77. The molecule has 3 atom stereocenters. The van der Waals surface area contributed by atoms with Gasteiger partial charge in [-0.25, -0.2) is 0 Å². The molecule has 2 rings (SSSR count). The molecule has 0 amide bonds. The molecule has 0 saturated heterocycles. The first-order valence-corrected chi connectivity index (χ1v) is 6.66. The first-order chi connectivity index (χ1) is 7.36. The van der Waals surface area contributed by atoms with E-state index in [9.17, 15) is 0 Å². The van der Waals surface area contributed by atoms with Crippen LogP contribution in [0.15, 0.2) is 24.3 Å². The van der Waals surface area contributed by atoms with Gasteiger partial charge in [-0.15, -0.1) is 0 Å². The molecular formula is C15H24. The highest BCUT2D eigenvalue weighted by Crippen LogP contribution is 2.33. The van der Waals surface area contributed by atoms with Gasteiger partial charge in [0.2, 0.25) is 0 Å². The summed E-state index contributed by atoms with van der Waals surface area (Å²) in [7, 11) is 0. The molecule has 3 unspecified atom stereocenters. The van der Waals surface area contributed by atoms with Crippen LogP contribution in [0.1, 0.15) is 51.9 Å². The van der Waals surface area contributed by atoms with Crippen LogP contribution in [0.4, 0.5) is 0 Å². The summed E-state index contributed by atoms with van der Waals surface area (Å²) in [4.78, 5) is 0. The molecule has 0 bridgehead atoms. The highest BCUT2D eigenvalue weighted by atomic mass is 14.3. The number of hydrogen-bond acceptors (Lipinski definition) is 0. The Morgan fingerprint density at radius 2 is 1.73 bits per heavy atom. The summed E-state index contributed by atoms with van der Waals surface area (Å²) in [5.41, 5.74) is 0. The van der Waals surface area contributed by atoms with E-state index in [4.69, 9.17) is 0 Å². The van der Waals surface area contributed by atoms with E-state index < -0.39 is 0 Å². The van der Waals surface area contributed by atoms with E-state index in [0.717, 1.165) is 17.8 Å². The summed E-state index contributed by atoms with van der Waals surface area (Å²) in [6, 6.07) is 0. The molecule has 0 heterocycles. The second-order valence-electron chi connectivity index (χ2n) is 5.41. The van der Waals surface area contributed by atoms with Gasteiger partial charge in [-0.1, -0.05) is 31.2 Å². The Hall–Kier alpha value is -0.520. The average Bonchev–Trinajstić information content (AvgIpc) is 2.31. The third-order valence-corrected chi connectivity index (χ3v) is 4.20. The molecule has 15 heavy (non-hydrogen) atoms. The highest BCUT2D eigenvalue weighted by Gasteiger charge is 2.21. The van der Waals surface area contributed by atoms with Crippen molar-refractivity contribution in [3.8, 4) is 0 Å². The van der Waals surface area contributed by atoms with Crippen LogP contribution in [-0.2, 0) is 0 Å². The summed E-state index contributed by atoms with van der Waals surface area (Å²) in [5.74, 6) is 2.89. The number of hydrogen-bond donors (Lipinski definition) is 0. The predicted octanol–water partition coefficient (Wildman–Crippen LogP) is 4.73. The SMILES string of the molecule is CC(CC1CC=CCC1)C1CC=CCC1. The Morgan fingerprint density at radius 3 is 2.33 bits per heavy atom. The summed E-state index contributed by atoms with van der Waals surface area (Å²) >= 11 is 0. The van der Waals surface area contributed by atoms with Gasteiger partial charge < -0.3 is 0 Å². The zero-order chi connectivity index (χ0) is 10.5. The van der Waals surface area contributed by atoms with Crippen LogP contribution in [0.2, 0.25) is 0 Å². The van der Waals surface area contributed by atoms with Crippen molar-refractivity contribution in [1.29, 1.82) is 0 Å². The molecule has 0 aromatic heterocycles. The van der Waals surface area contributed by atoms with E-state index in [2.05, 4.69) is 31.2 Å². The van der Waals surface area contributed by atoms with E-state index in [-0.39, 0.29) is 0 Å². The molecule has 0 radical (unpaired) electrons. The second-order valence-corrected chi connectivity index (χ2v) is 5.41. The van der Waals surface area contributed by atoms with Crippen molar-refractivity contribution in [2.45, 2.75) is 51.9 Å². The van der Waals surface area contributed by atoms with Crippen molar-refractivity contribution >= 4 is 0 Å². The minimum Gasteiger partial charge on any atom is -0.0885 e. The average molecular weight is 204 g/mol. The molecule has 2 aliphatic rings. The van der Waals surface area contributed by atoms with Crippen LogP contribution >= 0.6 is 0 Å². The van der Waals surface area contributed by atoms with Crippen molar-refractivity contribution < 1.29 is 0 Å². The van der Waals surface area contributed by atoms with Crippen LogP contribution in [0.25, 0.3) is 0 Å². The lowest BCUT2D eigenvalue weighted by molar-refractivity contribution is 0.261. The molecule has 0 spiro atoms. The smallest absolute Gasteiger partial charge is 0.0320 e. The highest BCUT2D eigenvalue weighted by molar-refractivity contribution is 4.94. The number of rotatable bonds is 3. The van der Waals surface area contributed by atoms with Gasteiger partial charge in [0.1, 0.15) is 0 Å². The molecule has 2 aliphatic carbocycles. The van der Waals surface area contributed by atoms with Gasteiger partial charge in [-0.3, -0.25) is 0 Å². The Kier molecular flexibility index (Phi) is 4.05. The van der Waals surface area contributed by atoms with E-state index in [1.54, 1.807) is 0 Å². The zero-order valence-corrected chi connectivity index (χ0v) is 9.99. The summed E-state index contributed by atoms with van der Waals surface area (Å²) in [6.45, 7) is 2.47. The Bertz CT molecular complexity index is 236. The third kappa shape index (κ3) is 3.22. The van der Waals surface area contributed by atoms with Crippen LogP contribution in [0.3, 0.4) is 0 Å². The van der Waals surface area contributed by atoms with Crippen molar-refractivity contribution in [2.75, 3.05) is 0 Å². The molecule has 0 fully saturated rings. The van der Waals surface area contributed by atoms with Gasteiger partial charge in [0.25, 0.3) is 0 Å². The minimum absolute atomic E-state index is 0.937. The molecule has 0 nitrogen and oxygen atoms in total. The quantitative estimate of drug-likeness (QED) is 0.583. The maximum Gasteiger partial charge on any atom is -0.0320 e. The first kappa shape index (κ1) is 11.0. The van der Waals surface area contributed by atoms with Gasteiger partial charge in [-0.2, -0.15) is 0 Å². The van der Waals surface area contributed by atoms with Crippen molar-refractivity contribution in [1.82, 2.24) is 0 Å². The second kappa shape index (κ2) is 5.53. The zero-order valence-electron chi connectivity index (χ0n) is 9.99. The number of allylic oxidation sites excluding steroid dienone is 4. The van der Waals surface area contributed by atoms with Crippen molar-refractivity contribution in [3.63, 3.8) is 0 Å². The summed E-state index contributed by atoms with van der Waals surface area (Å²) in [5, 5.41) is 0. The minimum atomic E-state index is 0.937. The van der Waals surface area contributed by atoms with Gasteiger partial charge in [0.15, 0.2) is 0 Å². The molecule has 0 N–H and O–H groups in total. The van der Waals surface area contributed by atoms with Crippen molar-refractivity contribution in [3.05, 3.63) is 24.3 Å². The van der Waals surface area contributed by atoms with Crippen LogP contribution in [0, 0.1) is 17.8 Å². The normalized spacial score (nSPS) is 32.9. The van der Waals surface area contributed by atoms with Crippen molar-refractivity contribution in [2.24, 2.45) is 17.8 Å². The van der Waals surface area contributed by atoms with E-state index in [0.29, 0.717) is 0 Å². The fourth-order valence-electron chi connectivity index (χ4n) is 3.12. The van der Waals surface area contributed by atoms with E-state index >= 15 is 0 Å². The fraction of sp³-hybridized carbons (Fsp3) is 0.733. The van der Waals surface area contributed by atoms with Crippen LogP contribution < -0.4 is 0 Å². The lowest BCUT2D eigenvalue weighted by Crippen LogP contribution is -2.17. The van der Waals surface area contributed by atoms with E-state index in [1.807, 2.05) is 0 Å². The van der Waals surface area contributed by atoms with Crippen LogP contribution in [-0.4, -0.2) is 0 Å². The van der Waals surface area contributed by atoms with Gasteiger partial charge in [0, 0.05) is 0 Å². The summed E-state index contributed by atoms with van der Waals surface area (Å²) in [6.07, 6.45) is 19.1. The monoisotopic (exact) mass is 204 g/mol. The Morgan fingerprint density at radius 1 is 1.00 bits per heavy atom. The third-order valence-electron chi connectivity index (χ3n) is 4.20. The first-order valence-electron chi connectivity index (χ1n) is 6.66. The lowest BCUT2D eigenvalue weighted by Gasteiger charge is -2.29. The van der Waals surface area contributed by atoms with E-state index in [1.165, 1.54) is 44.9 Å². The molecule has 0 saturated carbocycles. The molecule has 0 aliphatic heterocycles. The van der Waals surface area contributed by atoms with Gasteiger partial charge in [-0.05, 0) is 62.7 Å². The largest absolute Gasteiger partial charge is 0.0885 e. The Balaban J connectivity index is 1.77. The van der Waals surface area contributed by atoms with Gasteiger partial charge >= 0.3 is 0 Å².